The van der Waals surface area contributed by atoms with E-state index in [4.69, 9.17) is 39.3 Å². The molecule has 10 N–H and O–H groups in total. The number of ether oxygens (including phenoxy) is 5. The molecular formula is C89H137F3N12O22. The fourth-order valence-electron chi connectivity index (χ4n) is 12.8. The van der Waals surface area contributed by atoms with Gasteiger partial charge in [-0.25, -0.2) is 28.8 Å². The van der Waals surface area contributed by atoms with E-state index in [9.17, 15) is 85.1 Å². The molecule has 0 radical (unpaired) electrons. The third-order valence-electron chi connectivity index (χ3n) is 20.5. The fourth-order valence-corrected chi connectivity index (χ4v) is 12.8. The Bertz CT molecular complexity index is 3970. The zero-order valence-electron chi connectivity index (χ0n) is 76.6. The summed E-state index contributed by atoms with van der Waals surface area (Å²) in [6, 6.07) is 9.42. The molecule has 2 heterocycles. The Morgan fingerprint density at radius 1 is 0.540 bits per heavy atom. The number of amides is 11. The molecule has 0 saturated heterocycles. The molecule has 2 aromatic carbocycles. The molecule has 0 aliphatic carbocycles. The average Bonchev–Trinajstić information content (AvgIpc) is 0.878. The van der Waals surface area contributed by atoms with Crippen molar-refractivity contribution in [3.05, 3.63) is 95.1 Å². The first-order chi connectivity index (χ1) is 59.0. The van der Waals surface area contributed by atoms with Crippen molar-refractivity contribution in [3.63, 3.8) is 0 Å². The van der Waals surface area contributed by atoms with Gasteiger partial charge in [0.05, 0.1) is 26.3 Å². The Hall–Kier alpha value is -11.0. The fraction of sp³-hybridized carbons (Fsp3) is 0.640. The van der Waals surface area contributed by atoms with Crippen LogP contribution in [0.1, 0.15) is 205 Å². The number of rotatable bonds is 21. The maximum absolute atomic E-state index is 14.2. The van der Waals surface area contributed by atoms with E-state index in [1.807, 2.05) is 65.8 Å². The number of carbonyl (C=O) groups excluding carboxylic acids is 15. The van der Waals surface area contributed by atoms with Gasteiger partial charge in [0.1, 0.15) is 53.9 Å². The zero-order chi connectivity index (χ0) is 95.5. The number of carboxylic acids is 1. The van der Waals surface area contributed by atoms with Crippen LogP contribution in [0.25, 0.3) is 0 Å². The number of alkyl carbamates (subject to hydrolysis) is 1. The lowest BCUT2D eigenvalue weighted by Crippen LogP contribution is -2.57. The molecule has 2 aromatic rings. The monoisotopic (exact) mass is 1780 g/mol. The standard InChI is InChI=1S/C46H72N6O11.C41H64N6O9.C2HF3O2/c1-12-30(4)38-40(55)49-34(23-16-18-24-47-45(60)63-46(7,8)9)44(59)61-25-19-17-20-31(5)43(58)62-36(26-29(2)3)39(54)48-32(6)41(56)52(11)35(27-33-21-14-13-15-22-33)42(57)51(10)28-37(53)50-38;1-9-27(4)35-37(50)44-31(20-13-15-21-42)41(54)55-22-16-14-17-28(5)40(53)56-33(23-26(2)3)36(49)43-29(6)38(51)47(8)32(24-30-18-11-10-12-19-30)39(52)46(7)25-34(48)45-35;3-2(4,5)1(6)7/h13-15,20-22,29-30,32,34-36,38H,12,16-19,23-28H2,1-11H3,(H,47,60)(H,48,54)(H,49,55)(H,50,53);10-12,17-19,26-27,29,31-33,35H,9,13-16,20-25,42H2,1-8H3,(H,43,49)(H,44,50)(H,45,48);(H,6,7)/b31-20+;28-17+;/t30?,32-,34-,35+,36+,38-;27?,29-,31-,32+,33+,35-;/m00./s1. The first kappa shape index (κ1) is 111. The van der Waals surface area contributed by atoms with Gasteiger partial charge in [-0.05, 0) is 167 Å². The summed E-state index contributed by atoms with van der Waals surface area (Å²) in [5, 5.41) is 26.2. The summed E-state index contributed by atoms with van der Waals surface area (Å²) < 4.78 is 59.4. The highest BCUT2D eigenvalue weighted by Gasteiger charge is 2.41. The Balaban J connectivity index is 0.000000796. The van der Waals surface area contributed by atoms with Crippen LogP contribution in [0.15, 0.2) is 84.0 Å². The third-order valence-corrected chi connectivity index (χ3v) is 20.5. The van der Waals surface area contributed by atoms with Crippen LogP contribution in [0.3, 0.4) is 0 Å². The van der Waals surface area contributed by atoms with E-state index in [0.717, 1.165) is 11.1 Å². The molecule has 11 amide bonds. The molecular weight excluding hydrogens is 1650 g/mol. The smallest absolute Gasteiger partial charge is 0.475 e. The van der Waals surface area contributed by atoms with Crippen LogP contribution in [0.5, 0.6) is 0 Å². The summed E-state index contributed by atoms with van der Waals surface area (Å²) in [5.74, 6) is -12.4. The van der Waals surface area contributed by atoms with Gasteiger partial charge in [0.15, 0.2) is 12.2 Å². The van der Waals surface area contributed by atoms with Crippen LogP contribution >= 0.6 is 0 Å². The number of likely N-dealkylation sites (N-methyl/N-ethyl adjacent to an activating group) is 4. The third kappa shape index (κ3) is 41.4. The summed E-state index contributed by atoms with van der Waals surface area (Å²) in [6.07, 6.45) is 0.545. The lowest BCUT2D eigenvalue weighted by molar-refractivity contribution is -0.192. The van der Waals surface area contributed by atoms with Crippen molar-refractivity contribution in [2.75, 3.05) is 67.6 Å². The van der Waals surface area contributed by atoms with Gasteiger partial charge in [-0.3, -0.25) is 47.9 Å². The summed E-state index contributed by atoms with van der Waals surface area (Å²) >= 11 is 0. The Morgan fingerprint density at radius 2 is 0.897 bits per heavy atom. The summed E-state index contributed by atoms with van der Waals surface area (Å²) in [6.45, 7) is 25.8. The quantitative estimate of drug-likeness (QED) is 0.0344. The predicted molar refractivity (Wildman–Crippen MR) is 462 cm³/mol. The topological polar surface area (TPSA) is 463 Å². The molecule has 0 spiro atoms. The first-order valence-electron chi connectivity index (χ1n) is 43.0. The molecule has 4 rings (SSSR count). The highest BCUT2D eigenvalue weighted by molar-refractivity contribution is 5.98. The Morgan fingerprint density at radius 3 is 1.22 bits per heavy atom. The van der Waals surface area contributed by atoms with Crippen molar-refractivity contribution in [1.29, 1.82) is 0 Å². The van der Waals surface area contributed by atoms with Crippen molar-refractivity contribution < 1.29 is 119 Å². The van der Waals surface area contributed by atoms with E-state index in [1.54, 1.807) is 97.0 Å². The lowest BCUT2D eigenvalue weighted by atomic mass is 9.97. The van der Waals surface area contributed by atoms with Crippen molar-refractivity contribution in [2.24, 2.45) is 29.4 Å². The van der Waals surface area contributed by atoms with Crippen LogP contribution < -0.4 is 43.0 Å². The Labute approximate surface area is 738 Å². The largest absolute Gasteiger partial charge is 0.490 e. The molecule has 34 nitrogen and oxygen atoms in total. The van der Waals surface area contributed by atoms with Crippen LogP contribution in [0.2, 0.25) is 0 Å². The minimum atomic E-state index is -5.08. The van der Waals surface area contributed by atoms with Crippen LogP contribution in [-0.2, 0) is 108 Å². The molecule has 0 bridgehead atoms. The molecule has 2 aliphatic heterocycles. The molecule has 12 atom stereocenters. The number of esters is 4. The van der Waals surface area contributed by atoms with Crippen LogP contribution in [-0.4, -0.2) is 260 Å². The molecule has 0 fully saturated rings. The average molecular weight is 1780 g/mol. The number of nitrogens with one attached hydrogen (secondary N) is 7. The molecule has 2 unspecified atom stereocenters. The van der Waals surface area contributed by atoms with Gasteiger partial charge < -0.3 is 91.3 Å². The molecule has 2 aliphatic rings. The minimum Gasteiger partial charge on any atom is -0.475 e. The predicted octanol–water partition coefficient (Wildman–Crippen LogP) is 7.01. The second kappa shape index (κ2) is 56.1. The summed E-state index contributed by atoms with van der Waals surface area (Å²) in [7, 11) is 5.74. The number of benzene rings is 2. The van der Waals surface area contributed by atoms with E-state index < -0.39 is 180 Å². The summed E-state index contributed by atoms with van der Waals surface area (Å²) in [4.78, 5) is 217. The highest BCUT2D eigenvalue weighted by Crippen LogP contribution is 2.22. The van der Waals surface area contributed by atoms with E-state index in [2.05, 4.69) is 37.2 Å². The number of cyclic esters (lactones) is 4. The van der Waals surface area contributed by atoms with Gasteiger partial charge in [-0.2, -0.15) is 13.2 Å². The number of carbonyl (C=O) groups is 16. The SMILES string of the molecule is CCC(C)[C@@H]1NC(=O)CN(C)C(=O)[C@@H](Cc2ccccc2)N(C)C(=O)[C@H](C)NC(=O)[C@@H](CC(C)C)OC(=O)/C(C)=C/CCCOC(=O)[C@H](CCCCN)NC1=O.CCC(C)[C@@H]1NC(=O)CN(C)C(=O)[C@@H](Cc2ccccc2)N(C)C(=O)[C@H](C)NC(=O)[C@@H](CC(C)C)OC(=O)/C(C)=C/CCCOC(=O)[C@H](CCCCNC(=O)OC(C)(C)C)NC1=O.O=C(O)C(F)(F)F. The van der Waals surface area contributed by atoms with Gasteiger partial charge in [-0.15, -0.1) is 0 Å². The number of carboxylic acid groups (broad SMARTS) is 1. The van der Waals surface area contributed by atoms with Gasteiger partial charge in [0.2, 0.25) is 47.3 Å². The number of allylic oxidation sites excluding steroid dienone is 2. The second-order valence-electron chi connectivity index (χ2n) is 33.6. The molecule has 126 heavy (non-hydrogen) atoms. The maximum atomic E-state index is 14.2. The van der Waals surface area contributed by atoms with Gasteiger partial charge in [-0.1, -0.05) is 141 Å². The van der Waals surface area contributed by atoms with E-state index in [-0.39, 0.29) is 93.1 Å². The van der Waals surface area contributed by atoms with Crippen molar-refractivity contribution in [1.82, 2.24) is 56.8 Å². The number of nitrogens with zero attached hydrogens (tertiary/aromatic N) is 4. The summed E-state index contributed by atoms with van der Waals surface area (Å²) in [5.41, 5.74) is 6.98. The van der Waals surface area contributed by atoms with Gasteiger partial charge in [0, 0.05) is 58.7 Å². The van der Waals surface area contributed by atoms with Crippen molar-refractivity contribution in [3.8, 4) is 0 Å². The number of hydrogen-bond donors (Lipinski definition) is 9. The maximum Gasteiger partial charge on any atom is 0.490 e. The minimum absolute atomic E-state index is 0.0107. The van der Waals surface area contributed by atoms with Crippen molar-refractivity contribution >= 4 is 95.0 Å². The number of alkyl halides is 3. The van der Waals surface area contributed by atoms with E-state index in [1.165, 1.54) is 61.6 Å². The number of nitrogens with two attached hydrogens (primary N) is 1. The van der Waals surface area contributed by atoms with E-state index >= 15 is 0 Å². The van der Waals surface area contributed by atoms with Crippen LogP contribution in [0, 0.1) is 23.7 Å². The van der Waals surface area contributed by atoms with Gasteiger partial charge in [0.25, 0.3) is 11.8 Å². The van der Waals surface area contributed by atoms with Crippen molar-refractivity contribution in [2.45, 2.75) is 279 Å². The molecule has 706 valence electrons. The van der Waals surface area contributed by atoms with Gasteiger partial charge >= 0.3 is 42.1 Å². The number of aliphatic carboxylic acids is 1. The Kier molecular flexibility index (Phi) is 49.5. The lowest BCUT2D eigenvalue weighted by Gasteiger charge is -2.33. The molecule has 37 heteroatoms. The number of hydrogen-bond acceptors (Lipinski definition) is 22. The highest BCUT2D eigenvalue weighted by atomic mass is 19.4. The number of unbranched alkanes of at least 4 members (excludes halogenated alkanes) is 2. The molecule has 0 aromatic heterocycles. The second-order valence-corrected chi connectivity index (χ2v) is 33.6. The molecule has 0 saturated carbocycles. The number of halogens is 3. The normalized spacial score (nSPS) is 23.7. The van der Waals surface area contributed by atoms with E-state index in [0.29, 0.717) is 70.8 Å². The zero-order valence-corrected chi connectivity index (χ0v) is 76.6. The first-order valence-corrected chi connectivity index (χ1v) is 43.0. The van der Waals surface area contributed by atoms with Crippen LogP contribution in [0.4, 0.5) is 18.0 Å².